The van der Waals surface area contributed by atoms with Crippen molar-refractivity contribution in [1.29, 1.82) is 0 Å². The molecular formula is C106H109F7N16O12S. The maximum absolute atomic E-state index is 15.9. The molecule has 2 saturated carbocycles. The smallest absolute Gasteiger partial charge is 0.417 e. The number of anilines is 1. The summed E-state index contributed by atoms with van der Waals surface area (Å²) in [4.78, 5) is 97.5. The lowest BCUT2D eigenvalue weighted by molar-refractivity contribution is -0.138. The summed E-state index contributed by atoms with van der Waals surface area (Å²) in [6, 6.07) is 51.6. The van der Waals surface area contributed by atoms with E-state index < -0.39 is 73.4 Å². The number of pyridine rings is 4. The molecule has 15 aromatic rings. The number of nitrogens with one attached hydrogen (secondary N) is 8. The average Bonchev–Trinajstić information content (AvgIpc) is 1.06. The standard InChI is InChI=1S/C31H29F3N2O3.C26H30N6O2.C25H23F3N4O2.C24H27FN4O5S/c1-4-5-16-39-23-14-15-24(26(17-23)31(32,33)34)27-18-25(21-10-6-19(2)7-11-21)28(30(38)36-27)29(37)35-22-12-8-20(3)9-13-22;1-2-3-4-5-14-34-20-10-8-19(9-11-20)23-15-21(22-12-13-32(31-22)16-18-6-7-18)24(26(33)29-23)25-27-17-28-30-25;1-3-4-11-34-17-9-10-18(20(12-17)25(26,27)28)21-13-19(16-7-5-15(2)6-8-16)22(24(33)31-21)23-29-14-30-32-23;1-3-4-13-34-17-9-7-16(8-10-17)22-21(25)19(18-11-12-29(27-18)14-15-5-6-15)20(23(30)26-22)24(31)28-35(2,32)33/h6-15,17-18H,4-5,16H2,1-3H3,(H,35,37)(H,36,38);8-13,15,17-18H,2-7,14,16H2,1H3,(H,29,33)(H,27,28,30);5-10,12-14H,3-4,11H2,1-2H3,(H,31,33)(H,29,30,32);7-12,15H,3-6,13-14H2,1-2H3,(H,26,30)(H,28,31). The first kappa shape index (κ1) is 103. The number of sulfonamides is 1. The molecular weight excluding hydrogens is 1850 g/mol. The van der Waals surface area contributed by atoms with Gasteiger partial charge in [0.2, 0.25) is 10.0 Å². The van der Waals surface area contributed by atoms with Gasteiger partial charge in [-0.05, 0) is 228 Å². The molecule has 0 bridgehead atoms. The van der Waals surface area contributed by atoms with Gasteiger partial charge in [0.1, 0.15) is 46.8 Å². The number of hydrogen-bond acceptors (Lipinski definition) is 18. The molecule has 0 aliphatic heterocycles. The van der Waals surface area contributed by atoms with Gasteiger partial charge in [-0.2, -0.15) is 46.7 Å². The van der Waals surface area contributed by atoms with Crippen molar-refractivity contribution in [2.75, 3.05) is 38.0 Å². The van der Waals surface area contributed by atoms with E-state index >= 15 is 4.39 Å². The summed E-state index contributed by atoms with van der Waals surface area (Å²) in [6.45, 7) is 17.3. The molecule has 0 radical (unpaired) electrons. The van der Waals surface area contributed by atoms with Gasteiger partial charge in [-0.1, -0.05) is 144 Å². The van der Waals surface area contributed by atoms with Gasteiger partial charge in [-0.3, -0.25) is 48.3 Å². The Kier molecular flexibility index (Phi) is 33.6. The maximum Gasteiger partial charge on any atom is 0.417 e. The highest BCUT2D eigenvalue weighted by atomic mass is 32.2. The number of hydrogen-bond donors (Lipinski definition) is 8. The van der Waals surface area contributed by atoms with Crippen LogP contribution >= 0.6 is 0 Å². The highest BCUT2D eigenvalue weighted by Crippen LogP contribution is 2.44. The van der Waals surface area contributed by atoms with Crippen LogP contribution in [0.1, 0.15) is 166 Å². The van der Waals surface area contributed by atoms with E-state index in [1.807, 2.05) is 118 Å². The number of carbonyl (C=O) groups is 2. The van der Waals surface area contributed by atoms with Gasteiger partial charge >= 0.3 is 12.4 Å². The van der Waals surface area contributed by atoms with Crippen molar-refractivity contribution in [3.05, 3.63) is 299 Å². The number of alkyl halides is 6. The number of aryl methyl sites for hydroxylation is 3. The molecule has 8 aromatic heterocycles. The van der Waals surface area contributed by atoms with Crippen LogP contribution in [0.3, 0.4) is 0 Å². The lowest BCUT2D eigenvalue weighted by Crippen LogP contribution is -2.35. The largest absolute Gasteiger partial charge is 0.494 e. The Hall–Kier alpha value is -15.4. The number of amides is 2. The van der Waals surface area contributed by atoms with Crippen LogP contribution in [0, 0.1) is 38.4 Å². The second kappa shape index (κ2) is 46.6. The summed E-state index contributed by atoms with van der Waals surface area (Å²) in [6.07, 6.45) is 12.1. The highest BCUT2D eigenvalue weighted by molar-refractivity contribution is 7.89. The Morgan fingerprint density at radius 3 is 1.30 bits per heavy atom. The fourth-order valence-corrected chi connectivity index (χ4v) is 16.0. The number of aromatic nitrogens is 14. The molecule has 8 N–H and O–H groups in total. The number of benzene rings is 7. The van der Waals surface area contributed by atoms with Crippen LogP contribution in [-0.4, -0.2) is 123 Å². The molecule has 0 saturated heterocycles. The minimum atomic E-state index is -4.71. The molecule has 2 amide bonds. The van der Waals surface area contributed by atoms with Crippen LogP contribution in [0.5, 0.6) is 23.0 Å². The molecule has 2 aliphatic carbocycles. The van der Waals surface area contributed by atoms with E-state index in [9.17, 15) is 63.5 Å². The lowest BCUT2D eigenvalue weighted by Gasteiger charge is -2.17. The van der Waals surface area contributed by atoms with Crippen LogP contribution in [0.2, 0.25) is 0 Å². The van der Waals surface area contributed by atoms with E-state index in [0.29, 0.717) is 89.7 Å². The fourth-order valence-electron chi connectivity index (χ4n) is 15.6. The predicted molar refractivity (Wildman–Crippen MR) is 531 cm³/mol. The van der Waals surface area contributed by atoms with E-state index in [1.54, 1.807) is 76.3 Å². The summed E-state index contributed by atoms with van der Waals surface area (Å²) < 4.78 is 151. The average molecular weight is 1960 g/mol. The maximum atomic E-state index is 15.9. The van der Waals surface area contributed by atoms with Crippen LogP contribution in [0.15, 0.2) is 232 Å². The number of carbonyl (C=O) groups excluding carboxylic acids is 2. The Balaban J connectivity index is 0.000000151. The zero-order chi connectivity index (χ0) is 101. The Morgan fingerprint density at radius 2 is 0.831 bits per heavy atom. The summed E-state index contributed by atoms with van der Waals surface area (Å²) in [7, 11) is -3.99. The molecule has 740 valence electrons. The van der Waals surface area contributed by atoms with E-state index in [4.69, 9.17) is 24.0 Å². The van der Waals surface area contributed by atoms with E-state index in [1.165, 1.54) is 87.2 Å². The molecule has 142 heavy (non-hydrogen) atoms. The van der Waals surface area contributed by atoms with Crippen LogP contribution in [0.4, 0.5) is 36.4 Å². The van der Waals surface area contributed by atoms with Crippen molar-refractivity contribution in [3.63, 3.8) is 0 Å². The Labute approximate surface area is 813 Å². The van der Waals surface area contributed by atoms with Crippen molar-refractivity contribution in [3.8, 4) is 136 Å². The minimum absolute atomic E-state index is 0.0382. The first-order valence-corrected chi connectivity index (χ1v) is 48.9. The third kappa shape index (κ3) is 27.0. The molecule has 2 aliphatic rings. The summed E-state index contributed by atoms with van der Waals surface area (Å²) >= 11 is 0. The van der Waals surface area contributed by atoms with E-state index in [2.05, 4.69) is 74.6 Å². The molecule has 0 unspecified atom stereocenters. The van der Waals surface area contributed by atoms with Crippen molar-refractivity contribution >= 4 is 27.5 Å². The molecule has 0 atom stereocenters. The third-order valence-corrected chi connectivity index (χ3v) is 24.0. The second-order valence-electron chi connectivity index (χ2n) is 34.9. The summed E-state index contributed by atoms with van der Waals surface area (Å²) in [5.74, 6) is 0.720. The van der Waals surface area contributed by atoms with Gasteiger partial charge in [0, 0.05) is 81.6 Å². The molecule has 36 heteroatoms. The normalized spacial score (nSPS) is 12.4. The highest BCUT2D eigenvalue weighted by Gasteiger charge is 2.38. The number of halogens is 7. The SMILES string of the molecule is CCCCCCOc1ccc(-c2cc(-c3ccn(CC4CC4)n3)c(-c3ncn[nH]3)c(=O)[nH]2)cc1.CCCCOc1ccc(-c2[nH]c(=O)c(C(=O)NS(C)(=O)=O)c(-c3ccn(CC4CC4)n3)c2F)cc1.CCCCOc1ccc(-c2cc(-c3ccc(C)cc3)c(-c3ncn[nH]3)c(=O)[nH]2)c(C(F)(F)F)c1.CCCCOc1ccc(-c2cc(-c3ccc(C)cc3)c(C(=O)Nc3ccc(C)cc3)c(=O)[nH]2)c(C(F)(F)F)c1. The molecule has 28 nitrogen and oxygen atoms in total. The summed E-state index contributed by atoms with van der Waals surface area (Å²) in [5.41, 5.74) is 3.28. The fraction of sp³-hybridized carbons (Fsp3) is 0.302. The van der Waals surface area contributed by atoms with Gasteiger partial charge in [-0.25, -0.2) is 27.5 Å². The molecule has 2 fully saturated rings. The molecule has 17 rings (SSSR count). The number of unbranched alkanes of at least 4 members (excludes halogenated alkanes) is 6. The first-order valence-electron chi connectivity index (χ1n) is 47.0. The Bertz CT molecular complexity index is 7240. The summed E-state index contributed by atoms with van der Waals surface area (Å²) in [5, 5.41) is 25.1. The van der Waals surface area contributed by atoms with Gasteiger partial charge in [0.25, 0.3) is 34.1 Å². The first-order chi connectivity index (χ1) is 68.2. The monoisotopic (exact) mass is 1960 g/mol. The van der Waals surface area contributed by atoms with Crippen LogP contribution < -0.4 is 51.2 Å². The van der Waals surface area contributed by atoms with Gasteiger partial charge < -0.3 is 44.2 Å². The van der Waals surface area contributed by atoms with Crippen molar-refractivity contribution < 1.29 is 67.7 Å². The molecule has 8 heterocycles. The van der Waals surface area contributed by atoms with E-state index in [-0.39, 0.29) is 79.0 Å². The van der Waals surface area contributed by atoms with Crippen molar-refractivity contribution in [1.82, 2.24) is 74.6 Å². The quantitative estimate of drug-likeness (QED) is 0.0134. The number of rotatable bonds is 36. The zero-order valence-corrected chi connectivity index (χ0v) is 80.4. The van der Waals surface area contributed by atoms with Gasteiger partial charge in [0.15, 0.2) is 17.5 Å². The predicted octanol–water partition coefficient (Wildman–Crippen LogP) is 22.2. The minimum Gasteiger partial charge on any atom is -0.494 e. The van der Waals surface area contributed by atoms with Crippen molar-refractivity contribution in [2.45, 2.75) is 164 Å². The topological polar surface area (TPSA) is 379 Å². The van der Waals surface area contributed by atoms with Crippen LogP contribution in [0.25, 0.3) is 113 Å². The van der Waals surface area contributed by atoms with Crippen LogP contribution in [-0.2, 0) is 35.5 Å². The number of nitrogens with zero attached hydrogens (tertiary/aromatic N) is 8. The van der Waals surface area contributed by atoms with E-state index in [0.717, 1.165) is 128 Å². The second-order valence-corrected chi connectivity index (χ2v) is 36.7. The Morgan fingerprint density at radius 1 is 0.423 bits per heavy atom. The molecule has 7 aromatic carbocycles. The zero-order valence-electron chi connectivity index (χ0n) is 79.5. The third-order valence-electron chi connectivity index (χ3n) is 23.5. The molecule has 0 spiro atoms. The van der Waals surface area contributed by atoms with Gasteiger partial charge in [-0.15, -0.1) is 0 Å². The van der Waals surface area contributed by atoms with Crippen molar-refractivity contribution in [2.24, 2.45) is 11.8 Å². The lowest BCUT2D eigenvalue weighted by atomic mass is 9.95. The van der Waals surface area contributed by atoms with Gasteiger partial charge in [0.05, 0.1) is 77.6 Å². The number of ether oxygens (including phenoxy) is 4. The number of aromatic amines is 6. The number of H-pyrrole nitrogens is 6.